The molecule has 0 aromatic heterocycles. The third-order valence-corrected chi connectivity index (χ3v) is 6.89. The van der Waals surface area contributed by atoms with Gasteiger partial charge in [-0.1, -0.05) is 0 Å². The van der Waals surface area contributed by atoms with Crippen LogP contribution in [0, 0.1) is 5.92 Å². The quantitative estimate of drug-likeness (QED) is 0.106. The number of rotatable bonds is 12. The molecule has 0 spiro atoms. The Kier molecular flexibility index (Phi) is 9.54. The van der Waals surface area contributed by atoms with Crippen molar-refractivity contribution in [1.82, 2.24) is 0 Å². The molecule has 1 unspecified atom stereocenters. The molecule has 9 atom stereocenters. The summed E-state index contributed by atoms with van der Waals surface area (Å²) in [5.41, 5.74) is -0.944. The molecule has 4 saturated heterocycles. The minimum atomic E-state index is -1.98. The number of fused-ring (bicyclic) bond motifs is 2. The maximum atomic E-state index is 12.6. The van der Waals surface area contributed by atoms with Crippen LogP contribution in [0.15, 0.2) is 11.6 Å². The summed E-state index contributed by atoms with van der Waals surface area (Å²) in [6, 6.07) is 0. The van der Waals surface area contributed by atoms with E-state index in [0.717, 1.165) is 0 Å². The number of carbonyl (C=O) groups is 6. The van der Waals surface area contributed by atoms with Gasteiger partial charge in [0.1, 0.15) is 30.5 Å². The van der Waals surface area contributed by atoms with Crippen molar-refractivity contribution in [3.8, 4) is 0 Å². The summed E-state index contributed by atoms with van der Waals surface area (Å²) in [6.45, 7) is -0.483. The topological polar surface area (TPSA) is 248 Å². The van der Waals surface area contributed by atoms with Gasteiger partial charge in [0.2, 0.25) is 0 Å². The molecule has 4 heterocycles. The van der Waals surface area contributed by atoms with Crippen molar-refractivity contribution in [2.24, 2.45) is 5.92 Å². The fraction of sp³-hybridized carbons (Fsp3) is 0.667. The van der Waals surface area contributed by atoms with Crippen LogP contribution in [0.2, 0.25) is 0 Å². The van der Waals surface area contributed by atoms with Crippen molar-refractivity contribution in [3.05, 3.63) is 11.6 Å². The van der Waals surface area contributed by atoms with Gasteiger partial charge in [0, 0.05) is 6.08 Å². The molecule has 17 nitrogen and oxygen atoms in total. The van der Waals surface area contributed by atoms with Crippen LogP contribution in [0.3, 0.4) is 0 Å². The number of carbonyl (C=O) groups excluding carboxylic acids is 3. The number of aliphatic hydroxyl groups is 1. The van der Waals surface area contributed by atoms with Gasteiger partial charge in [-0.15, -0.1) is 0 Å². The second kappa shape index (κ2) is 12.9. The normalized spacial score (nSPS) is 33.0. The molecule has 41 heavy (non-hydrogen) atoms. The highest BCUT2D eigenvalue weighted by Crippen LogP contribution is 2.32. The fourth-order valence-corrected chi connectivity index (χ4v) is 4.95. The van der Waals surface area contributed by atoms with E-state index in [4.69, 9.17) is 38.3 Å². The number of ether oxygens (including phenoxy) is 7. The zero-order chi connectivity index (χ0) is 29.8. The smallest absolute Gasteiger partial charge is 0.332 e. The summed E-state index contributed by atoms with van der Waals surface area (Å²) < 4.78 is 37.3. The van der Waals surface area contributed by atoms with E-state index in [2.05, 4.69) is 0 Å². The van der Waals surface area contributed by atoms with Crippen LogP contribution in [-0.4, -0.2) is 132 Å². The van der Waals surface area contributed by atoms with E-state index in [1.165, 1.54) is 0 Å². The molecule has 4 aliphatic rings. The van der Waals surface area contributed by atoms with E-state index in [9.17, 15) is 44.1 Å². The maximum Gasteiger partial charge on any atom is 0.332 e. The number of esters is 3. The first kappa shape index (κ1) is 30.3. The van der Waals surface area contributed by atoms with E-state index >= 15 is 0 Å². The van der Waals surface area contributed by atoms with E-state index in [1.54, 1.807) is 0 Å². The lowest BCUT2D eigenvalue weighted by Gasteiger charge is -2.19. The number of carboxylic acid groups (broad SMARTS) is 3. The average Bonchev–Trinajstić information content (AvgIpc) is 3.66. The van der Waals surface area contributed by atoms with Crippen LogP contribution in [0.25, 0.3) is 0 Å². The average molecular weight is 588 g/mol. The molecule has 0 saturated carbocycles. The lowest BCUT2D eigenvalue weighted by molar-refractivity contribution is -0.158. The summed E-state index contributed by atoms with van der Waals surface area (Å²) in [7, 11) is 0. The van der Waals surface area contributed by atoms with Crippen LogP contribution < -0.4 is 0 Å². The minimum Gasteiger partial charge on any atom is -0.481 e. The van der Waals surface area contributed by atoms with Gasteiger partial charge < -0.3 is 53.6 Å². The number of carboxylic acids is 3. The molecule has 0 aromatic rings. The molecule has 4 N–H and O–H groups in total. The number of aliphatic hydroxyl groups excluding tert-OH is 1. The van der Waals surface area contributed by atoms with E-state index < -0.39 is 109 Å². The SMILES string of the molecule is O=C(O)CCC(=O)O[C@H]1CO[C@H]2[C@@H]1OC[C@@H]2OC(=O)/C=C(\C(=O)O)C(CC(=O)O[C@H]1CO[C@H]2[C@@H]1OC[C@@H]2O)C(=O)O. The Morgan fingerprint density at radius 2 is 1.22 bits per heavy atom. The van der Waals surface area contributed by atoms with Crippen LogP contribution in [0.5, 0.6) is 0 Å². The van der Waals surface area contributed by atoms with Crippen molar-refractivity contribution in [1.29, 1.82) is 0 Å². The maximum absolute atomic E-state index is 12.6. The van der Waals surface area contributed by atoms with Gasteiger partial charge in [0.05, 0.1) is 57.2 Å². The molecule has 0 amide bonds. The fourth-order valence-electron chi connectivity index (χ4n) is 4.95. The van der Waals surface area contributed by atoms with Gasteiger partial charge in [0.15, 0.2) is 18.3 Å². The molecule has 17 heteroatoms. The molecule has 0 aromatic carbocycles. The van der Waals surface area contributed by atoms with Gasteiger partial charge in [-0.25, -0.2) is 9.59 Å². The number of hydrogen-bond acceptors (Lipinski definition) is 14. The second-order valence-electron chi connectivity index (χ2n) is 9.68. The van der Waals surface area contributed by atoms with Gasteiger partial charge >= 0.3 is 35.8 Å². The Morgan fingerprint density at radius 1 is 0.707 bits per heavy atom. The predicted molar refractivity (Wildman–Crippen MR) is 123 cm³/mol. The van der Waals surface area contributed by atoms with Crippen LogP contribution in [-0.2, 0) is 61.9 Å². The largest absolute Gasteiger partial charge is 0.481 e. The first-order chi connectivity index (χ1) is 19.4. The summed E-state index contributed by atoms with van der Waals surface area (Å²) in [4.78, 5) is 71.2. The third-order valence-electron chi connectivity index (χ3n) is 6.89. The van der Waals surface area contributed by atoms with E-state index in [1.807, 2.05) is 0 Å². The Bertz CT molecular complexity index is 1100. The summed E-state index contributed by atoms with van der Waals surface area (Å²) in [5.74, 6) is -9.79. The zero-order valence-corrected chi connectivity index (χ0v) is 21.3. The minimum absolute atomic E-state index is 0.0353. The molecular weight excluding hydrogens is 560 g/mol. The molecule has 0 radical (unpaired) electrons. The van der Waals surface area contributed by atoms with Crippen molar-refractivity contribution in [3.63, 3.8) is 0 Å². The zero-order valence-electron chi connectivity index (χ0n) is 21.3. The Labute approximate surface area is 230 Å². The van der Waals surface area contributed by atoms with E-state index in [-0.39, 0.29) is 32.8 Å². The monoisotopic (exact) mass is 588 g/mol. The molecule has 226 valence electrons. The highest BCUT2D eigenvalue weighted by molar-refractivity contribution is 6.01. The summed E-state index contributed by atoms with van der Waals surface area (Å²) in [6.07, 6.45) is -8.31. The van der Waals surface area contributed by atoms with Gasteiger partial charge in [-0.05, 0) is 0 Å². The van der Waals surface area contributed by atoms with Crippen LogP contribution >= 0.6 is 0 Å². The van der Waals surface area contributed by atoms with Gasteiger partial charge in [-0.3, -0.25) is 19.2 Å². The van der Waals surface area contributed by atoms with Crippen LogP contribution in [0.1, 0.15) is 19.3 Å². The summed E-state index contributed by atoms with van der Waals surface area (Å²) >= 11 is 0. The Hall–Kier alpha value is -3.64. The van der Waals surface area contributed by atoms with Crippen molar-refractivity contribution >= 4 is 35.8 Å². The number of aliphatic carboxylic acids is 3. The standard InChI is InChI=1S/C24H28O17/c25-11-5-35-20-12(6-36-19(11)20)40-17(29)3-9(23(31)32)10(24(33)34)4-18(30)41-14-8-38-21-13(7-37-22(14)21)39-16(28)2-1-15(26)27/h4,9,11-14,19-22,25H,1-3,5-8H2,(H,26,27)(H,31,32)(H,33,34)/b10-4-/t9?,11-,12-,13-,14-,19+,20+,21+,22+/m0/s1. The highest BCUT2D eigenvalue weighted by Gasteiger charge is 2.51. The van der Waals surface area contributed by atoms with Gasteiger partial charge in [-0.2, -0.15) is 0 Å². The van der Waals surface area contributed by atoms with Gasteiger partial charge in [0.25, 0.3) is 0 Å². The highest BCUT2D eigenvalue weighted by atomic mass is 16.7. The Balaban J connectivity index is 1.34. The van der Waals surface area contributed by atoms with Crippen molar-refractivity contribution in [2.45, 2.75) is 68.1 Å². The molecule has 4 aliphatic heterocycles. The second-order valence-corrected chi connectivity index (χ2v) is 9.68. The lowest BCUT2D eigenvalue weighted by atomic mass is 9.95. The van der Waals surface area contributed by atoms with Crippen molar-refractivity contribution < 1.29 is 82.4 Å². The lowest BCUT2D eigenvalue weighted by Crippen LogP contribution is -2.36. The molecule has 0 bridgehead atoms. The third kappa shape index (κ3) is 7.17. The predicted octanol–water partition coefficient (Wildman–Crippen LogP) is -2.36. The summed E-state index contributed by atoms with van der Waals surface area (Å²) in [5, 5.41) is 37.7. The first-order valence-electron chi connectivity index (χ1n) is 12.6. The van der Waals surface area contributed by atoms with Crippen LogP contribution in [0.4, 0.5) is 0 Å². The first-order valence-corrected chi connectivity index (χ1v) is 12.6. The number of hydrogen-bond donors (Lipinski definition) is 4. The molecular formula is C24H28O17. The Morgan fingerprint density at radius 3 is 1.78 bits per heavy atom. The van der Waals surface area contributed by atoms with E-state index in [0.29, 0.717) is 6.08 Å². The molecule has 0 aliphatic carbocycles. The molecule has 4 fully saturated rings. The molecule has 4 rings (SSSR count). The van der Waals surface area contributed by atoms with Crippen molar-refractivity contribution in [2.75, 3.05) is 26.4 Å².